The normalized spacial score (nSPS) is 12.3. The van der Waals surface area contributed by atoms with E-state index in [4.69, 9.17) is 17.7 Å². The van der Waals surface area contributed by atoms with Crippen LogP contribution in [0.5, 0.6) is 0 Å². The zero-order valence-corrected chi connectivity index (χ0v) is 23.8. The van der Waals surface area contributed by atoms with E-state index in [9.17, 15) is 14.4 Å². The quantitative estimate of drug-likeness (QED) is 0.218. The molecule has 0 saturated carbocycles. The van der Waals surface area contributed by atoms with E-state index in [1.807, 2.05) is 40.8 Å². The third kappa shape index (κ3) is 8.57. The van der Waals surface area contributed by atoms with Crippen LogP contribution >= 0.6 is 0 Å². The second-order valence-electron chi connectivity index (χ2n) is 8.26. The van der Waals surface area contributed by atoms with E-state index in [2.05, 4.69) is 6.58 Å². The van der Waals surface area contributed by atoms with Crippen LogP contribution in [0.15, 0.2) is 27.0 Å². The van der Waals surface area contributed by atoms with E-state index in [-0.39, 0.29) is 19.6 Å². The summed E-state index contributed by atoms with van der Waals surface area (Å²) in [7, 11) is -4.76. The lowest BCUT2D eigenvalue weighted by atomic mass is 10.4. The summed E-state index contributed by atoms with van der Waals surface area (Å²) >= 11 is 0. The molecule has 0 spiro atoms. The minimum Gasteiger partial charge on any atom is -0.395 e. The molecule has 0 amide bonds. The van der Waals surface area contributed by atoms with Gasteiger partial charge in [-0.1, -0.05) is 6.08 Å². The fraction of sp³-hybridized carbons (Fsp3) is 0.773. The highest BCUT2D eigenvalue weighted by Gasteiger charge is 2.31. The fourth-order valence-electron chi connectivity index (χ4n) is 4.06. The lowest BCUT2D eigenvalue weighted by Gasteiger charge is -2.26. The molecule has 0 aliphatic rings. The number of aromatic nitrogens is 3. The smallest absolute Gasteiger partial charge is 0.336 e. The molecule has 1 aromatic heterocycles. The van der Waals surface area contributed by atoms with Gasteiger partial charge in [0.25, 0.3) is 0 Å². The molecule has 196 valence electrons. The number of rotatable bonds is 18. The highest BCUT2D eigenvalue weighted by atomic mass is 28.4. The van der Waals surface area contributed by atoms with Crippen LogP contribution in [0.4, 0.5) is 0 Å². The minimum absolute atomic E-state index is 0.0344. The molecule has 0 unspecified atom stereocenters. The average Bonchev–Trinajstić information content (AvgIpc) is 2.76. The summed E-state index contributed by atoms with van der Waals surface area (Å²) in [6.07, 6.45) is 2.54. The summed E-state index contributed by atoms with van der Waals surface area (Å²) in [5.74, 6) is 0. The highest BCUT2D eigenvalue weighted by Crippen LogP contribution is 2.17. The van der Waals surface area contributed by atoms with Gasteiger partial charge in [0.15, 0.2) is 0 Å². The molecule has 34 heavy (non-hydrogen) atoms. The first-order chi connectivity index (χ1) is 16.1. The van der Waals surface area contributed by atoms with Crippen molar-refractivity contribution in [2.45, 2.75) is 85.4 Å². The van der Waals surface area contributed by atoms with Crippen LogP contribution in [-0.2, 0) is 37.3 Å². The van der Waals surface area contributed by atoms with Crippen LogP contribution in [0, 0.1) is 0 Å². The van der Waals surface area contributed by atoms with Crippen molar-refractivity contribution in [3.63, 3.8) is 0 Å². The Kier molecular flexibility index (Phi) is 13.2. The summed E-state index contributed by atoms with van der Waals surface area (Å²) in [6, 6.07) is 1.27. The highest BCUT2D eigenvalue weighted by molar-refractivity contribution is 6.66. The van der Waals surface area contributed by atoms with Gasteiger partial charge >= 0.3 is 34.2 Å². The first kappa shape index (κ1) is 30.5. The molecule has 0 N–H and O–H groups in total. The molecule has 0 radical (unpaired) electrons. The average molecular weight is 518 g/mol. The topological polar surface area (TPSA) is 103 Å². The third-order valence-electron chi connectivity index (χ3n) is 5.52. The van der Waals surface area contributed by atoms with Gasteiger partial charge in [-0.3, -0.25) is 0 Å². The van der Waals surface area contributed by atoms with E-state index in [1.165, 1.54) is 6.08 Å². The first-order valence-electron chi connectivity index (χ1n) is 12.2. The van der Waals surface area contributed by atoms with Crippen molar-refractivity contribution in [3.05, 3.63) is 44.1 Å². The van der Waals surface area contributed by atoms with Crippen molar-refractivity contribution in [3.8, 4) is 0 Å². The molecule has 1 rings (SSSR count). The second kappa shape index (κ2) is 14.7. The van der Waals surface area contributed by atoms with Gasteiger partial charge in [-0.25, -0.2) is 28.1 Å². The second-order valence-corrected chi connectivity index (χ2v) is 14.9. The van der Waals surface area contributed by atoms with Gasteiger partial charge in [0.1, 0.15) is 0 Å². The third-order valence-corrected chi connectivity index (χ3v) is 11.6. The summed E-state index contributed by atoms with van der Waals surface area (Å²) in [4.78, 5) is 39.1. The number of hydrogen-bond donors (Lipinski definition) is 0. The Morgan fingerprint density at radius 2 is 1.00 bits per heavy atom. The van der Waals surface area contributed by atoms with Gasteiger partial charge < -0.3 is 17.7 Å². The molecule has 12 heteroatoms. The summed E-state index contributed by atoms with van der Waals surface area (Å²) in [5.41, 5.74) is -1.84. The molecule has 10 nitrogen and oxygen atoms in total. The Morgan fingerprint density at radius 1 is 0.676 bits per heavy atom. The Bertz CT molecular complexity index is 864. The van der Waals surface area contributed by atoms with Crippen molar-refractivity contribution in [2.75, 3.05) is 26.4 Å². The molecule has 0 aliphatic heterocycles. The molecule has 0 atom stereocenters. The van der Waals surface area contributed by atoms with Crippen LogP contribution in [0.3, 0.4) is 0 Å². The molecule has 0 aliphatic carbocycles. The van der Waals surface area contributed by atoms with Gasteiger partial charge in [0.05, 0.1) is 6.54 Å². The van der Waals surface area contributed by atoms with Crippen LogP contribution in [0.2, 0.25) is 25.2 Å². The van der Waals surface area contributed by atoms with Crippen LogP contribution < -0.4 is 17.1 Å². The van der Waals surface area contributed by atoms with Crippen LogP contribution in [-0.4, -0.2) is 57.3 Å². The molecule has 1 aromatic rings. The summed E-state index contributed by atoms with van der Waals surface area (Å²) in [5, 5.41) is 0. The van der Waals surface area contributed by atoms with Gasteiger partial charge in [-0.2, -0.15) is 0 Å². The number of hydrogen-bond acceptors (Lipinski definition) is 7. The molecule has 0 aromatic carbocycles. The monoisotopic (exact) mass is 517 g/mol. The van der Waals surface area contributed by atoms with Crippen LogP contribution in [0.1, 0.15) is 40.5 Å². The largest absolute Gasteiger partial charge is 0.395 e. The predicted molar refractivity (Wildman–Crippen MR) is 138 cm³/mol. The maximum Gasteiger partial charge on any atom is 0.336 e. The zero-order valence-electron chi connectivity index (χ0n) is 21.8. The van der Waals surface area contributed by atoms with Crippen molar-refractivity contribution >= 4 is 17.1 Å². The number of allylic oxidation sites excluding steroid dienone is 1. The Labute approximate surface area is 204 Å². The van der Waals surface area contributed by atoms with E-state index in [0.717, 1.165) is 13.7 Å². The van der Waals surface area contributed by atoms with E-state index in [1.54, 1.807) is 0 Å². The predicted octanol–water partition coefficient (Wildman–Crippen LogP) is 2.43. The van der Waals surface area contributed by atoms with Gasteiger partial charge in [0.2, 0.25) is 0 Å². The summed E-state index contributed by atoms with van der Waals surface area (Å²) in [6.45, 7) is 17.9. The van der Waals surface area contributed by atoms with Crippen molar-refractivity contribution < 1.29 is 17.7 Å². The SMILES string of the molecule is C=CCn1c(=O)n(CCC[Si](C)(OCC)OCC)c(=O)n(CCC[Si](C)(OCC)OCC)c1=O. The maximum atomic E-state index is 13.2. The Hall–Kier alpha value is -1.58. The van der Waals surface area contributed by atoms with Gasteiger partial charge in [0, 0.05) is 39.5 Å². The molecule has 0 bridgehead atoms. The Balaban J connectivity index is 3.18. The lowest BCUT2D eigenvalue weighted by Crippen LogP contribution is -2.54. The van der Waals surface area contributed by atoms with Crippen LogP contribution in [0.25, 0.3) is 0 Å². The zero-order chi connectivity index (χ0) is 25.8. The van der Waals surface area contributed by atoms with Crippen molar-refractivity contribution in [1.29, 1.82) is 0 Å². The fourth-order valence-corrected chi connectivity index (χ4v) is 8.85. The van der Waals surface area contributed by atoms with Crippen molar-refractivity contribution in [2.24, 2.45) is 0 Å². The maximum absolute atomic E-state index is 13.2. The standard InChI is InChI=1S/C22H43N3O7Si2/c1-8-15-23-20(26)24(16-13-18-33(6,29-9-2)30-10-3)22(28)25(21(23)27)17-14-19-34(7,31-11-4)32-12-5/h8H,1,9-19H2,2-7H3. The molecular weight excluding hydrogens is 474 g/mol. The number of nitrogens with zero attached hydrogens (tertiary/aromatic N) is 3. The summed E-state index contributed by atoms with van der Waals surface area (Å²) < 4.78 is 26.8. The van der Waals surface area contributed by atoms with E-state index in [0.29, 0.717) is 51.4 Å². The first-order valence-corrected chi connectivity index (χ1v) is 17.3. The molecule has 0 saturated heterocycles. The van der Waals surface area contributed by atoms with Gasteiger partial charge in [-0.15, -0.1) is 6.58 Å². The van der Waals surface area contributed by atoms with Gasteiger partial charge in [-0.05, 0) is 65.7 Å². The van der Waals surface area contributed by atoms with E-state index >= 15 is 0 Å². The minimum atomic E-state index is -2.38. The molecular formula is C22H43N3O7Si2. The van der Waals surface area contributed by atoms with E-state index < -0.39 is 34.2 Å². The Morgan fingerprint density at radius 3 is 1.29 bits per heavy atom. The van der Waals surface area contributed by atoms with Crippen molar-refractivity contribution in [1.82, 2.24) is 13.7 Å². The molecule has 0 fully saturated rings. The lowest BCUT2D eigenvalue weighted by molar-refractivity contribution is 0.187. The molecule has 1 heterocycles.